The van der Waals surface area contributed by atoms with Crippen LogP contribution in [0.25, 0.3) is 0 Å². The van der Waals surface area contributed by atoms with Crippen LogP contribution in [0, 0.1) is 0 Å². The maximum absolute atomic E-state index is 12.2. The average molecular weight is 275 g/mol. The molecule has 2 rings (SSSR count). The van der Waals surface area contributed by atoms with Crippen LogP contribution < -0.4 is 5.32 Å². The summed E-state index contributed by atoms with van der Waals surface area (Å²) in [6, 6.07) is 10.8. The summed E-state index contributed by atoms with van der Waals surface area (Å²) in [5.41, 5.74) is 1.33. The Kier molecular flexibility index (Phi) is 5.56. The maximum atomic E-state index is 12.2. The SMILES string of the molecule is CN(C)CC(=O)N1CCCNC(Cc2ccccc2)C1. The number of nitrogens with one attached hydrogen (secondary N) is 1. The van der Waals surface area contributed by atoms with Crippen molar-refractivity contribution >= 4 is 5.91 Å². The molecule has 1 aliphatic rings. The van der Waals surface area contributed by atoms with Crippen LogP contribution in [0.5, 0.6) is 0 Å². The Labute approximate surface area is 121 Å². The van der Waals surface area contributed by atoms with Gasteiger partial charge in [-0.2, -0.15) is 0 Å². The van der Waals surface area contributed by atoms with Gasteiger partial charge in [-0.15, -0.1) is 0 Å². The Morgan fingerprint density at radius 3 is 2.80 bits per heavy atom. The molecule has 0 aromatic heterocycles. The lowest BCUT2D eigenvalue weighted by atomic mass is 10.1. The highest BCUT2D eigenvalue weighted by Crippen LogP contribution is 2.08. The van der Waals surface area contributed by atoms with Crippen LogP contribution in [0.2, 0.25) is 0 Å². The Bertz CT molecular complexity index is 419. The number of carbonyl (C=O) groups excluding carboxylic acids is 1. The van der Waals surface area contributed by atoms with E-state index in [2.05, 4.69) is 29.6 Å². The molecule has 1 heterocycles. The van der Waals surface area contributed by atoms with E-state index in [-0.39, 0.29) is 5.91 Å². The molecular formula is C16H25N3O. The molecule has 1 aromatic carbocycles. The van der Waals surface area contributed by atoms with E-state index in [1.54, 1.807) is 0 Å². The fraction of sp³-hybridized carbons (Fsp3) is 0.562. The van der Waals surface area contributed by atoms with Gasteiger partial charge in [0.2, 0.25) is 5.91 Å². The minimum Gasteiger partial charge on any atom is -0.340 e. The van der Waals surface area contributed by atoms with Crippen LogP contribution in [0.1, 0.15) is 12.0 Å². The Morgan fingerprint density at radius 1 is 1.35 bits per heavy atom. The van der Waals surface area contributed by atoms with Crippen molar-refractivity contribution in [2.24, 2.45) is 0 Å². The molecule has 0 aliphatic carbocycles. The van der Waals surface area contributed by atoms with E-state index in [9.17, 15) is 4.79 Å². The molecule has 1 unspecified atom stereocenters. The number of nitrogens with zero attached hydrogens (tertiary/aromatic N) is 2. The molecular weight excluding hydrogens is 250 g/mol. The highest BCUT2D eigenvalue weighted by molar-refractivity contribution is 5.78. The number of hydrogen-bond acceptors (Lipinski definition) is 3. The fourth-order valence-electron chi connectivity index (χ4n) is 2.63. The molecule has 110 valence electrons. The summed E-state index contributed by atoms with van der Waals surface area (Å²) in [7, 11) is 3.88. The van der Waals surface area contributed by atoms with Crippen molar-refractivity contribution in [3.63, 3.8) is 0 Å². The number of hydrogen-bond donors (Lipinski definition) is 1. The number of likely N-dealkylation sites (N-methyl/N-ethyl adjacent to an activating group) is 1. The molecule has 0 radical (unpaired) electrons. The highest BCUT2D eigenvalue weighted by Gasteiger charge is 2.21. The van der Waals surface area contributed by atoms with Crippen LogP contribution in [0.15, 0.2) is 30.3 Å². The number of benzene rings is 1. The van der Waals surface area contributed by atoms with Gasteiger partial charge in [0.1, 0.15) is 0 Å². The van der Waals surface area contributed by atoms with Crippen molar-refractivity contribution in [2.75, 3.05) is 40.3 Å². The van der Waals surface area contributed by atoms with E-state index in [1.807, 2.05) is 30.0 Å². The lowest BCUT2D eigenvalue weighted by Crippen LogP contribution is -2.44. The standard InChI is InChI=1S/C16H25N3O/c1-18(2)13-16(20)19-10-6-9-17-15(12-19)11-14-7-4-3-5-8-14/h3-5,7-8,15,17H,6,9-13H2,1-2H3. The summed E-state index contributed by atoms with van der Waals surface area (Å²) in [5.74, 6) is 0.233. The third kappa shape index (κ3) is 4.62. The van der Waals surface area contributed by atoms with E-state index in [1.165, 1.54) is 5.56 Å². The summed E-state index contributed by atoms with van der Waals surface area (Å²) in [4.78, 5) is 16.2. The maximum Gasteiger partial charge on any atom is 0.236 e. The molecule has 1 atom stereocenters. The highest BCUT2D eigenvalue weighted by atomic mass is 16.2. The summed E-state index contributed by atoms with van der Waals surface area (Å²) in [6.45, 7) is 3.16. The summed E-state index contributed by atoms with van der Waals surface area (Å²) in [6.07, 6.45) is 2.01. The van der Waals surface area contributed by atoms with Crippen LogP contribution in [-0.2, 0) is 11.2 Å². The second kappa shape index (κ2) is 7.41. The Hall–Kier alpha value is -1.39. The predicted octanol–water partition coefficient (Wildman–Crippen LogP) is 0.981. The second-order valence-electron chi connectivity index (χ2n) is 5.77. The van der Waals surface area contributed by atoms with Gasteiger partial charge in [0.05, 0.1) is 6.54 Å². The normalized spacial score (nSPS) is 19.9. The lowest BCUT2D eigenvalue weighted by molar-refractivity contribution is -0.131. The van der Waals surface area contributed by atoms with Crippen molar-refractivity contribution in [3.8, 4) is 0 Å². The van der Waals surface area contributed by atoms with Gasteiger partial charge >= 0.3 is 0 Å². The van der Waals surface area contributed by atoms with Crippen molar-refractivity contribution in [1.29, 1.82) is 0 Å². The van der Waals surface area contributed by atoms with Crippen LogP contribution in [0.4, 0.5) is 0 Å². The smallest absolute Gasteiger partial charge is 0.236 e. The van der Waals surface area contributed by atoms with Gasteiger partial charge in [-0.1, -0.05) is 30.3 Å². The molecule has 1 saturated heterocycles. The van der Waals surface area contributed by atoms with Gasteiger partial charge in [0.15, 0.2) is 0 Å². The zero-order valence-corrected chi connectivity index (χ0v) is 12.5. The number of rotatable bonds is 4. The molecule has 4 nitrogen and oxygen atoms in total. The first-order chi connectivity index (χ1) is 9.65. The first-order valence-electron chi connectivity index (χ1n) is 7.35. The third-order valence-corrected chi connectivity index (χ3v) is 3.61. The minimum absolute atomic E-state index is 0.233. The van der Waals surface area contributed by atoms with Gasteiger partial charge in [-0.05, 0) is 39.0 Å². The molecule has 1 aliphatic heterocycles. The van der Waals surface area contributed by atoms with Crippen molar-refractivity contribution in [2.45, 2.75) is 18.9 Å². The molecule has 0 bridgehead atoms. The number of amides is 1. The van der Waals surface area contributed by atoms with Gasteiger partial charge in [0.25, 0.3) is 0 Å². The van der Waals surface area contributed by atoms with E-state index in [0.29, 0.717) is 12.6 Å². The van der Waals surface area contributed by atoms with Crippen molar-refractivity contribution < 1.29 is 4.79 Å². The molecule has 1 amide bonds. The summed E-state index contributed by atoms with van der Waals surface area (Å²) < 4.78 is 0. The molecule has 1 aromatic rings. The molecule has 0 saturated carbocycles. The second-order valence-corrected chi connectivity index (χ2v) is 5.77. The fourth-order valence-corrected chi connectivity index (χ4v) is 2.63. The van der Waals surface area contributed by atoms with E-state index in [4.69, 9.17) is 0 Å². The first-order valence-corrected chi connectivity index (χ1v) is 7.35. The van der Waals surface area contributed by atoms with Gasteiger partial charge < -0.3 is 15.1 Å². The van der Waals surface area contributed by atoms with Gasteiger partial charge in [-0.3, -0.25) is 4.79 Å². The topological polar surface area (TPSA) is 35.6 Å². The number of carbonyl (C=O) groups is 1. The van der Waals surface area contributed by atoms with E-state index < -0.39 is 0 Å². The van der Waals surface area contributed by atoms with Crippen LogP contribution in [-0.4, -0.2) is 62.0 Å². The predicted molar refractivity (Wildman–Crippen MR) is 81.7 cm³/mol. The monoisotopic (exact) mass is 275 g/mol. The van der Waals surface area contributed by atoms with Crippen molar-refractivity contribution in [1.82, 2.24) is 15.1 Å². The molecule has 0 spiro atoms. The zero-order valence-electron chi connectivity index (χ0n) is 12.5. The van der Waals surface area contributed by atoms with Gasteiger partial charge in [-0.25, -0.2) is 0 Å². The Balaban J connectivity index is 1.94. The summed E-state index contributed by atoms with van der Waals surface area (Å²) >= 11 is 0. The Morgan fingerprint density at radius 2 is 2.10 bits per heavy atom. The van der Waals surface area contributed by atoms with Crippen LogP contribution >= 0.6 is 0 Å². The van der Waals surface area contributed by atoms with E-state index in [0.717, 1.165) is 32.5 Å². The zero-order chi connectivity index (χ0) is 14.4. The molecule has 4 heteroatoms. The van der Waals surface area contributed by atoms with Gasteiger partial charge in [0, 0.05) is 19.1 Å². The lowest BCUT2D eigenvalue weighted by Gasteiger charge is -2.26. The minimum atomic E-state index is 0.233. The quantitative estimate of drug-likeness (QED) is 0.890. The third-order valence-electron chi connectivity index (χ3n) is 3.61. The first kappa shape index (κ1) is 15.0. The molecule has 1 fully saturated rings. The average Bonchev–Trinajstić information content (AvgIpc) is 2.65. The molecule has 20 heavy (non-hydrogen) atoms. The summed E-state index contributed by atoms with van der Waals surface area (Å²) in [5, 5.41) is 3.56. The largest absolute Gasteiger partial charge is 0.340 e. The molecule has 1 N–H and O–H groups in total. The van der Waals surface area contributed by atoms with Crippen LogP contribution in [0.3, 0.4) is 0 Å². The van der Waals surface area contributed by atoms with E-state index >= 15 is 0 Å². The van der Waals surface area contributed by atoms with Crippen molar-refractivity contribution in [3.05, 3.63) is 35.9 Å².